The Morgan fingerprint density at radius 2 is 2.18 bits per heavy atom. The van der Waals surface area contributed by atoms with E-state index in [2.05, 4.69) is 4.98 Å². The SMILES string of the molecule is CCC(CO)N(Cc1ccsc1)C(=O)CSc1ccncc1. The zero-order valence-electron chi connectivity index (χ0n) is 12.5. The summed E-state index contributed by atoms with van der Waals surface area (Å²) in [6.07, 6.45) is 4.18. The fourth-order valence-corrected chi connectivity index (χ4v) is 3.54. The van der Waals surface area contributed by atoms with Gasteiger partial charge in [0.05, 0.1) is 18.4 Å². The molecule has 118 valence electrons. The van der Waals surface area contributed by atoms with Crippen molar-refractivity contribution in [2.24, 2.45) is 0 Å². The predicted octanol–water partition coefficient (Wildman–Crippen LogP) is 3.03. The van der Waals surface area contributed by atoms with E-state index in [1.54, 1.807) is 28.6 Å². The number of aliphatic hydroxyl groups excluding tert-OH is 1. The van der Waals surface area contributed by atoms with Crippen molar-refractivity contribution in [1.82, 2.24) is 9.88 Å². The summed E-state index contributed by atoms with van der Waals surface area (Å²) in [6, 6.07) is 5.67. The normalized spacial score (nSPS) is 12.1. The van der Waals surface area contributed by atoms with Gasteiger partial charge in [-0.25, -0.2) is 0 Å². The Morgan fingerprint density at radius 1 is 1.41 bits per heavy atom. The number of carbonyl (C=O) groups is 1. The molecule has 1 N–H and O–H groups in total. The molecule has 22 heavy (non-hydrogen) atoms. The topological polar surface area (TPSA) is 53.4 Å². The van der Waals surface area contributed by atoms with Gasteiger partial charge < -0.3 is 10.0 Å². The summed E-state index contributed by atoms with van der Waals surface area (Å²) in [5.74, 6) is 0.416. The smallest absolute Gasteiger partial charge is 0.233 e. The van der Waals surface area contributed by atoms with Crippen molar-refractivity contribution in [3.05, 3.63) is 46.9 Å². The van der Waals surface area contributed by atoms with Crippen molar-refractivity contribution in [2.75, 3.05) is 12.4 Å². The quantitative estimate of drug-likeness (QED) is 0.753. The van der Waals surface area contributed by atoms with Crippen molar-refractivity contribution in [2.45, 2.75) is 30.8 Å². The Labute approximate surface area is 139 Å². The van der Waals surface area contributed by atoms with Crippen LogP contribution in [-0.2, 0) is 11.3 Å². The standard InChI is InChI=1S/C16H20N2O2S2/c1-2-14(10-19)18(9-13-5-8-21-11-13)16(20)12-22-15-3-6-17-7-4-15/h3-8,11,14,19H,2,9-10,12H2,1H3. The van der Waals surface area contributed by atoms with E-state index in [1.807, 2.05) is 35.9 Å². The molecule has 1 amide bonds. The second-order valence-electron chi connectivity index (χ2n) is 4.87. The number of carbonyl (C=O) groups excluding carboxylic acids is 1. The molecule has 0 saturated heterocycles. The van der Waals surface area contributed by atoms with Crippen molar-refractivity contribution in [1.29, 1.82) is 0 Å². The van der Waals surface area contributed by atoms with Crippen LogP contribution in [0.3, 0.4) is 0 Å². The Kier molecular flexibility index (Phi) is 6.89. The van der Waals surface area contributed by atoms with Gasteiger partial charge in [-0.2, -0.15) is 11.3 Å². The minimum absolute atomic E-state index is 0.00764. The summed E-state index contributed by atoms with van der Waals surface area (Å²) in [5.41, 5.74) is 1.11. The van der Waals surface area contributed by atoms with Gasteiger partial charge in [0.2, 0.25) is 5.91 Å². The highest BCUT2D eigenvalue weighted by Crippen LogP contribution is 2.20. The molecule has 0 spiro atoms. The minimum Gasteiger partial charge on any atom is -0.394 e. The van der Waals surface area contributed by atoms with Gasteiger partial charge in [-0.15, -0.1) is 11.8 Å². The van der Waals surface area contributed by atoms with Crippen LogP contribution in [0.5, 0.6) is 0 Å². The van der Waals surface area contributed by atoms with Crippen LogP contribution in [-0.4, -0.2) is 39.3 Å². The number of amides is 1. The molecule has 0 aliphatic rings. The Balaban J connectivity index is 2.01. The van der Waals surface area contributed by atoms with Crippen LogP contribution < -0.4 is 0 Å². The maximum atomic E-state index is 12.6. The lowest BCUT2D eigenvalue weighted by atomic mass is 10.2. The summed E-state index contributed by atoms with van der Waals surface area (Å²) in [7, 11) is 0. The van der Waals surface area contributed by atoms with E-state index in [1.165, 1.54) is 11.8 Å². The first-order valence-corrected chi connectivity index (χ1v) is 9.11. The van der Waals surface area contributed by atoms with E-state index in [0.29, 0.717) is 12.3 Å². The zero-order chi connectivity index (χ0) is 15.8. The molecule has 0 aromatic carbocycles. The van der Waals surface area contributed by atoms with Crippen LogP contribution in [0, 0.1) is 0 Å². The highest BCUT2D eigenvalue weighted by atomic mass is 32.2. The van der Waals surface area contributed by atoms with Crippen molar-refractivity contribution in [3.8, 4) is 0 Å². The lowest BCUT2D eigenvalue weighted by molar-refractivity contribution is -0.132. The summed E-state index contributed by atoms with van der Waals surface area (Å²) in [5, 5.41) is 13.6. The second-order valence-corrected chi connectivity index (χ2v) is 6.70. The van der Waals surface area contributed by atoms with E-state index in [0.717, 1.165) is 16.9 Å². The molecule has 0 saturated carbocycles. The Hall–Kier alpha value is -1.37. The molecule has 2 aromatic rings. The van der Waals surface area contributed by atoms with Gasteiger partial charge in [-0.1, -0.05) is 6.92 Å². The van der Waals surface area contributed by atoms with Gasteiger partial charge in [0.15, 0.2) is 0 Å². The van der Waals surface area contributed by atoms with E-state index >= 15 is 0 Å². The first kappa shape index (κ1) is 17.0. The van der Waals surface area contributed by atoms with Crippen LogP contribution in [0.1, 0.15) is 18.9 Å². The predicted molar refractivity (Wildman–Crippen MR) is 91.0 cm³/mol. The summed E-state index contributed by atoms with van der Waals surface area (Å²) < 4.78 is 0. The minimum atomic E-state index is -0.134. The highest BCUT2D eigenvalue weighted by molar-refractivity contribution is 8.00. The van der Waals surface area contributed by atoms with Gasteiger partial charge in [0.25, 0.3) is 0 Å². The molecular formula is C16H20N2O2S2. The zero-order valence-corrected chi connectivity index (χ0v) is 14.1. The maximum absolute atomic E-state index is 12.6. The molecule has 0 aliphatic heterocycles. The number of aliphatic hydroxyl groups is 1. The average molecular weight is 336 g/mol. The Morgan fingerprint density at radius 3 is 2.77 bits per heavy atom. The number of rotatable bonds is 8. The highest BCUT2D eigenvalue weighted by Gasteiger charge is 2.22. The number of thiophene rings is 1. The molecule has 0 fully saturated rings. The van der Waals surface area contributed by atoms with Gasteiger partial charge in [0.1, 0.15) is 0 Å². The molecule has 2 rings (SSSR count). The molecular weight excluding hydrogens is 316 g/mol. The third kappa shape index (κ3) is 4.83. The third-order valence-corrected chi connectivity index (χ3v) is 5.12. The average Bonchev–Trinajstić information content (AvgIpc) is 3.07. The maximum Gasteiger partial charge on any atom is 0.233 e. The molecule has 2 aromatic heterocycles. The van der Waals surface area contributed by atoms with Crippen LogP contribution in [0.15, 0.2) is 46.2 Å². The summed E-state index contributed by atoms with van der Waals surface area (Å²) >= 11 is 3.12. The summed E-state index contributed by atoms with van der Waals surface area (Å²) in [6.45, 7) is 2.54. The van der Waals surface area contributed by atoms with Crippen LogP contribution in [0.4, 0.5) is 0 Å². The molecule has 0 aliphatic carbocycles. The van der Waals surface area contributed by atoms with Gasteiger partial charge in [-0.05, 0) is 40.9 Å². The fraction of sp³-hybridized carbons (Fsp3) is 0.375. The van der Waals surface area contributed by atoms with Gasteiger partial charge in [-0.3, -0.25) is 9.78 Å². The number of aromatic nitrogens is 1. The molecule has 6 heteroatoms. The summed E-state index contributed by atoms with van der Waals surface area (Å²) in [4.78, 5) is 19.4. The lowest BCUT2D eigenvalue weighted by Gasteiger charge is -2.29. The molecule has 2 heterocycles. The van der Waals surface area contributed by atoms with Crippen LogP contribution in [0.2, 0.25) is 0 Å². The second kappa shape index (κ2) is 8.92. The van der Waals surface area contributed by atoms with Crippen molar-refractivity contribution >= 4 is 29.0 Å². The first-order valence-electron chi connectivity index (χ1n) is 7.18. The number of pyridine rings is 1. The number of hydrogen-bond acceptors (Lipinski definition) is 5. The van der Waals surface area contributed by atoms with Gasteiger partial charge in [0, 0.05) is 23.8 Å². The van der Waals surface area contributed by atoms with Crippen molar-refractivity contribution < 1.29 is 9.90 Å². The molecule has 0 radical (unpaired) electrons. The largest absolute Gasteiger partial charge is 0.394 e. The molecule has 0 bridgehead atoms. The van der Waals surface area contributed by atoms with Crippen LogP contribution >= 0.6 is 23.1 Å². The van der Waals surface area contributed by atoms with E-state index < -0.39 is 0 Å². The van der Waals surface area contributed by atoms with E-state index in [-0.39, 0.29) is 18.6 Å². The first-order chi connectivity index (χ1) is 10.7. The molecule has 1 unspecified atom stereocenters. The third-order valence-electron chi connectivity index (χ3n) is 3.39. The number of hydrogen-bond donors (Lipinski definition) is 1. The lowest BCUT2D eigenvalue weighted by Crippen LogP contribution is -2.42. The number of nitrogens with zero attached hydrogens (tertiary/aromatic N) is 2. The monoisotopic (exact) mass is 336 g/mol. The van der Waals surface area contributed by atoms with Crippen molar-refractivity contribution in [3.63, 3.8) is 0 Å². The van der Waals surface area contributed by atoms with E-state index in [4.69, 9.17) is 0 Å². The van der Waals surface area contributed by atoms with E-state index in [9.17, 15) is 9.90 Å². The van der Waals surface area contributed by atoms with Gasteiger partial charge >= 0.3 is 0 Å². The number of thioether (sulfide) groups is 1. The molecule has 1 atom stereocenters. The Bertz CT molecular complexity index is 557. The molecule has 4 nitrogen and oxygen atoms in total. The van der Waals surface area contributed by atoms with Crippen LogP contribution in [0.25, 0.3) is 0 Å². The fourth-order valence-electron chi connectivity index (χ4n) is 2.11.